The number of rotatable bonds is 19. The van der Waals surface area contributed by atoms with Crippen molar-refractivity contribution in [2.45, 2.75) is 82.7 Å². The Morgan fingerprint density at radius 2 is 1.49 bits per heavy atom. The number of nitrogens with zero attached hydrogens (tertiary/aromatic N) is 1. The fraction of sp³-hybridized carbons (Fsp3) is 0.333. The predicted molar refractivity (Wildman–Crippen MR) is 230 cm³/mol. The number of anilines is 2. The molecule has 11 heteroatoms. The van der Waals surface area contributed by atoms with Gasteiger partial charge in [-0.25, -0.2) is 0 Å². The molecule has 1 aliphatic heterocycles. The van der Waals surface area contributed by atoms with Crippen LogP contribution in [0.4, 0.5) is 11.4 Å². The van der Waals surface area contributed by atoms with Gasteiger partial charge in [0.1, 0.15) is 5.75 Å². The third kappa shape index (κ3) is 13.0. The third-order valence-electron chi connectivity index (χ3n) is 10.6. The highest BCUT2D eigenvalue weighted by Crippen LogP contribution is 2.39. The minimum atomic E-state index is -0.783. The lowest BCUT2D eigenvalue weighted by Gasteiger charge is -2.38. The number of ether oxygens (including phenoxy) is 2. The number of aliphatic hydroxyl groups excluding tert-OH is 2. The van der Waals surface area contributed by atoms with Crippen LogP contribution in [-0.2, 0) is 32.2 Å². The number of benzene rings is 5. The molecule has 310 valence electrons. The fourth-order valence-electron chi connectivity index (χ4n) is 7.35. The summed E-state index contributed by atoms with van der Waals surface area (Å²) in [6, 6.07) is 37.9. The first-order valence-electron chi connectivity index (χ1n) is 20.4. The zero-order chi connectivity index (χ0) is 41.6. The third-order valence-corrected chi connectivity index (χ3v) is 10.6. The zero-order valence-corrected chi connectivity index (χ0v) is 33.6. The summed E-state index contributed by atoms with van der Waals surface area (Å²) < 4.78 is 13.2. The van der Waals surface area contributed by atoms with Gasteiger partial charge in [0, 0.05) is 44.5 Å². The number of phenolic OH excluding ortho intramolecular Hbond substituents is 1. The van der Waals surface area contributed by atoms with Crippen molar-refractivity contribution in [2.75, 3.05) is 31.2 Å². The topological polar surface area (TPSA) is 167 Å². The standard InChI is InChI=1S/C48H56N4O7/c1-52(31-44(55)38-14-10-16-40(54)27-38)30-41-28-45(35-23-21-33(32-53)22-24-35)59-48(58-41)39-15-9-13-37(26-39)36-12-8-11-34(25-36)29-50-46(56)19-4-2-3-5-20-47(57)51-43-18-7-6-17-42(43)49/h6-18,21-27,41,44-45,48,53-55H,2-5,19-20,28-32,49H2,1H3,(H,50,56)(H,51,57)/t41-,44-,45+,48+/m1/s1. The number of nitrogens with two attached hydrogens (primary N) is 1. The molecule has 0 aliphatic carbocycles. The molecule has 59 heavy (non-hydrogen) atoms. The maximum absolute atomic E-state index is 12.7. The first-order valence-corrected chi connectivity index (χ1v) is 20.4. The monoisotopic (exact) mass is 800 g/mol. The number of hydrogen-bond acceptors (Lipinski definition) is 9. The van der Waals surface area contributed by atoms with Crippen molar-refractivity contribution < 1.29 is 34.4 Å². The Bertz CT molecular complexity index is 2130. The summed E-state index contributed by atoms with van der Waals surface area (Å²) in [6.07, 6.45) is 2.74. The lowest BCUT2D eigenvalue weighted by molar-refractivity contribution is -0.252. The molecule has 4 atom stereocenters. The van der Waals surface area contributed by atoms with Crippen molar-refractivity contribution in [1.82, 2.24) is 10.2 Å². The van der Waals surface area contributed by atoms with E-state index in [9.17, 15) is 24.9 Å². The first kappa shape index (κ1) is 43.0. The molecular formula is C48H56N4O7. The van der Waals surface area contributed by atoms with E-state index in [1.165, 1.54) is 0 Å². The van der Waals surface area contributed by atoms with Crippen LogP contribution in [0.15, 0.2) is 121 Å². The van der Waals surface area contributed by atoms with Crippen LogP contribution < -0.4 is 16.4 Å². The molecular weight excluding hydrogens is 745 g/mol. The van der Waals surface area contributed by atoms with Crippen LogP contribution in [0.3, 0.4) is 0 Å². The second-order valence-electron chi connectivity index (χ2n) is 15.3. The van der Waals surface area contributed by atoms with E-state index in [2.05, 4.69) is 22.8 Å². The Morgan fingerprint density at radius 1 is 0.780 bits per heavy atom. The Hall–Kier alpha value is -5.56. The Morgan fingerprint density at radius 3 is 2.24 bits per heavy atom. The lowest BCUT2D eigenvalue weighted by Crippen LogP contribution is -2.39. The molecule has 1 aliphatic rings. The first-order chi connectivity index (χ1) is 28.6. The normalized spacial score (nSPS) is 17.1. The maximum Gasteiger partial charge on any atom is 0.224 e. The van der Waals surface area contributed by atoms with Gasteiger partial charge in [0.05, 0.1) is 36.3 Å². The summed E-state index contributed by atoms with van der Waals surface area (Å²) in [4.78, 5) is 27.0. The van der Waals surface area contributed by atoms with E-state index in [1.807, 2.05) is 84.7 Å². The molecule has 2 amide bonds. The molecule has 6 rings (SSSR count). The highest BCUT2D eigenvalue weighted by Gasteiger charge is 2.33. The van der Waals surface area contributed by atoms with Gasteiger partial charge < -0.3 is 46.1 Å². The number of aliphatic hydroxyl groups is 2. The zero-order valence-electron chi connectivity index (χ0n) is 33.6. The van der Waals surface area contributed by atoms with Crippen molar-refractivity contribution in [3.05, 3.63) is 149 Å². The van der Waals surface area contributed by atoms with Gasteiger partial charge in [-0.15, -0.1) is 0 Å². The molecule has 0 saturated carbocycles. The number of carbonyl (C=O) groups is 2. The SMILES string of the molecule is CN(C[C@H]1C[C@@H](c2ccc(CO)cc2)O[C@@H](c2cccc(-c3cccc(CNC(=O)CCCCCCC(=O)Nc4ccccc4N)c3)c2)O1)C[C@@H](O)c1cccc(O)c1. The molecule has 0 aromatic heterocycles. The molecule has 5 aromatic carbocycles. The fourth-order valence-corrected chi connectivity index (χ4v) is 7.35. The minimum Gasteiger partial charge on any atom is -0.508 e. The molecule has 7 N–H and O–H groups in total. The van der Waals surface area contributed by atoms with E-state index >= 15 is 0 Å². The van der Waals surface area contributed by atoms with Crippen LogP contribution in [0.1, 0.15) is 91.3 Å². The molecule has 0 unspecified atom stereocenters. The van der Waals surface area contributed by atoms with Gasteiger partial charge in [0.15, 0.2) is 6.29 Å². The molecule has 1 fully saturated rings. The molecule has 0 spiro atoms. The van der Waals surface area contributed by atoms with Crippen LogP contribution in [0.2, 0.25) is 0 Å². The summed E-state index contributed by atoms with van der Waals surface area (Å²) in [5, 5.41) is 36.3. The molecule has 5 aromatic rings. The second kappa shape index (κ2) is 21.4. The Kier molecular flexibility index (Phi) is 15.6. The smallest absolute Gasteiger partial charge is 0.224 e. The van der Waals surface area contributed by atoms with E-state index in [0.29, 0.717) is 55.8 Å². The summed E-state index contributed by atoms with van der Waals surface area (Å²) in [5.74, 6) is 0.0474. The van der Waals surface area contributed by atoms with Crippen LogP contribution in [0, 0.1) is 0 Å². The summed E-state index contributed by atoms with van der Waals surface area (Å²) in [5.41, 5.74) is 13.4. The molecule has 11 nitrogen and oxygen atoms in total. The van der Waals surface area contributed by atoms with Crippen LogP contribution in [0.5, 0.6) is 5.75 Å². The van der Waals surface area contributed by atoms with Gasteiger partial charge >= 0.3 is 0 Å². The number of amides is 2. The lowest BCUT2D eigenvalue weighted by atomic mass is 9.98. The number of hydrogen-bond donors (Lipinski definition) is 6. The molecule has 1 saturated heterocycles. The maximum atomic E-state index is 12.7. The molecule has 1 heterocycles. The summed E-state index contributed by atoms with van der Waals surface area (Å²) >= 11 is 0. The highest BCUT2D eigenvalue weighted by molar-refractivity contribution is 5.93. The minimum absolute atomic E-state index is 0.00378. The van der Waals surface area contributed by atoms with E-state index in [0.717, 1.165) is 59.1 Å². The van der Waals surface area contributed by atoms with E-state index < -0.39 is 12.4 Å². The number of aromatic hydroxyl groups is 1. The number of nitrogens with one attached hydrogen (secondary N) is 2. The number of para-hydroxylation sites is 2. The number of carbonyl (C=O) groups excluding carboxylic acids is 2. The van der Waals surface area contributed by atoms with Crippen molar-refractivity contribution in [3.63, 3.8) is 0 Å². The van der Waals surface area contributed by atoms with Gasteiger partial charge in [-0.1, -0.05) is 97.8 Å². The Labute approximate surface area is 346 Å². The predicted octanol–water partition coefficient (Wildman–Crippen LogP) is 7.94. The van der Waals surface area contributed by atoms with Gasteiger partial charge in [0.25, 0.3) is 0 Å². The van der Waals surface area contributed by atoms with Gasteiger partial charge in [0.2, 0.25) is 11.8 Å². The van der Waals surface area contributed by atoms with Gasteiger partial charge in [-0.05, 0) is 89.7 Å². The largest absolute Gasteiger partial charge is 0.508 e. The van der Waals surface area contributed by atoms with Crippen molar-refractivity contribution in [2.24, 2.45) is 0 Å². The summed E-state index contributed by atoms with van der Waals surface area (Å²) in [6.45, 7) is 1.27. The van der Waals surface area contributed by atoms with Crippen LogP contribution in [0.25, 0.3) is 11.1 Å². The molecule has 0 bridgehead atoms. The van der Waals surface area contributed by atoms with Crippen molar-refractivity contribution in [1.29, 1.82) is 0 Å². The van der Waals surface area contributed by atoms with E-state index in [1.54, 1.807) is 36.4 Å². The van der Waals surface area contributed by atoms with Crippen molar-refractivity contribution >= 4 is 23.2 Å². The quantitative estimate of drug-likeness (QED) is 0.0359. The number of unbranched alkanes of at least 4 members (excludes halogenated alkanes) is 3. The van der Waals surface area contributed by atoms with E-state index in [4.69, 9.17) is 15.2 Å². The molecule has 0 radical (unpaired) electrons. The number of likely N-dealkylation sites (N-methyl/N-ethyl adjacent to an activating group) is 1. The highest BCUT2D eigenvalue weighted by atomic mass is 16.7. The van der Waals surface area contributed by atoms with Crippen LogP contribution in [-0.4, -0.2) is 58.3 Å². The van der Waals surface area contributed by atoms with Gasteiger partial charge in [-0.3, -0.25) is 9.59 Å². The van der Waals surface area contributed by atoms with Crippen molar-refractivity contribution in [3.8, 4) is 16.9 Å². The Balaban J connectivity index is 1.02. The summed E-state index contributed by atoms with van der Waals surface area (Å²) in [7, 11) is 1.94. The number of nitrogen functional groups attached to an aromatic ring is 1. The average Bonchev–Trinajstić information content (AvgIpc) is 3.25. The second-order valence-corrected chi connectivity index (χ2v) is 15.3. The van der Waals surface area contributed by atoms with Crippen LogP contribution >= 0.6 is 0 Å². The van der Waals surface area contributed by atoms with Gasteiger partial charge in [-0.2, -0.15) is 0 Å². The average molecular weight is 801 g/mol. The number of phenols is 1. The van der Waals surface area contributed by atoms with E-state index in [-0.39, 0.29) is 36.4 Å².